The lowest BCUT2D eigenvalue weighted by Gasteiger charge is -2.28. The van der Waals surface area contributed by atoms with Crippen molar-refractivity contribution < 1.29 is 38.3 Å². The number of hydrogen-bond acceptors (Lipinski definition) is 10. The molecule has 60 heavy (non-hydrogen) atoms. The van der Waals surface area contributed by atoms with Crippen LogP contribution >= 0.6 is 0 Å². The van der Waals surface area contributed by atoms with Gasteiger partial charge in [0.05, 0.1) is 30.5 Å². The maximum Gasteiger partial charge on any atom is 0.408 e. The lowest BCUT2D eigenvalue weighted by Crippen LogP contribution is -2.60. The second-order valence-corrected chi connectivity index (χ2v) is 15.1. The molecule has 0 unspecified atom stereocenters. The van der Waals surface area contributed by atoms with E-state index in [0.717, 1.165) is 11.1 Å². The SMILES string of the molecule is CC(C)C[C@H](NC(=O)[C@H](Cc1c[nH]cn1)NC(=O)[C@H](Cc1ccccc1)NC(=O)OCc1ccccc1)C(=O)N[C@H](C(=O)N[C@@H](C)C(=O)NC(=O)Cc1c[nH]cn1)C(C)C. The first-order valence-electron chi connectivity index (χ1n) is 19.7. The van der Waals surface area contributed by atoms with Crippen molar-refractivity contribution >= 4 is 41.5 Å². The molecule has 2 aromatic heterocycles. The van der Waals surface area contributed by atoms with Crippen LogP contribution in [0, 0.1) is 11.8 Å². The van der Waals surface area contributed by atoms with Crippen molar-refractivity contribution in [2.45, 2.75) is 97.1 Å². The van der Waals surface area contributed by atoms with Gasteiger partial charge < -0.3 is 41.3 Å². The zero-order chi connectivity index (χ0) is 43.6. The molecule has 18 heteroatoms. The van der Waals surface area contributed by atoms with Gasteiger partial charge in [-0.3, -0.25) is 34.1 Å². The van der Waals surface area contributed by atoms with Crippen molar-refractivity contribution in [3.63, 3.8) is 0 Å². The Morgan fingerprint density at radius 1 is 0.600 bits per heavy atom. The Hall–Kier alpha value is -6.85. The van der Waals surface area contributed by atoms with Crippen molar-refractivity contribution in [2.24, 2.45) is 11.8 Å². The van der Waals surface area contributed by atoms with Crippen LogP contribution in [0.1, 0.15) is 63.6 Å². The molecule has 0 fully saturated rings. The van der Waals surface area contributed by atoms with Crippen LogP contribution in [0.2, 0.25) is 0 Å². The summed E-state index contributed by atoms with van der Waals surface area (Å²) in [7, 11) is 0. The quantitative estimate of drug-likeness (QED) is 0.0604. The van der Waals surface area contributed by atoms with Gasteiger partial charge in [0.1, 0.15) is 36.8 Å². The molecule has 4 aromatic rings. The van der Waals surface area contributed by atoms with E-state index in [1.807, 2.05) is 38.1 Å². The third kappa shape index (κ3) is 15.1. The Labute approximate surface area is 348 Å². The summed E-state index contributed by atoms with van der Waals surface area (Å²) in [5, 5.41) is 15.6. The molecule has 7 amide bonds. The predicted octanol–water partition coefficient (Wildman–Crippen LogP) is 1.76. The number of nitrogens with zero attached hydrogens (tertiary/aromatic N) is 2. The summed E-state index contributed by atoms with van der Waals surface area (Å²) >= 11 is 0. The van der Waals surface area contributed by atoms with E-state index < -0.39 is 77.7 Å². The average molecular weight is 827 g/mol. The number of nitrogens with one attached hydrogen (secondary N) is 8. The molecule has 4 rings (SSSR count). The fraction of sp³-hybridized carbons (Fsp3) is 0.405. The number of alkyl carbamates (subject to hydrolysis) is 1. The number of hydrogen-bond donors (Lipinski definition) is 8. The van der Waals surface area contributed by atoms with Gasteiger partial charge in [-0.1, -0.05) is 88.4 Å². The summed E-state index contributed by atoms with van der Waals surface area (Å²) in [5.74, 6) is -4.68. The number of amides is 7. The summed E-state index contributed by atoms with van der Waals surface area (Å²) in [5.41, 5.74) is 2.35. The molecule has 5 atom stereocenters. The second-order valence-electron chi connectivity index (χ2n) is 15.1. The molecule has 0 aliphatic heterocycles. The number of aromatic nitrogens is 4. The lowest BCUT2D eigenvalue weighted by molar-refractivity contribution is -0.136. The molecule has 0 radical (unpaired) electrons. The van der Waals surface area contributed by atoms with Crippen LogP contribution in [0.5, 0.6) is 0 Å². The second kappa shape index (κ2) is 22.9. The highest BCUT2D eigenvalue weighted by Gasteiger charge is 2.34. The molecule has 320 valence electrons. The Bertz CT molecular complexity index is 2010. The van der Waals surface area contributed by atoms with Gasteiger partial charge in [0.25, 0.3) is 0 Å². The highest BCUT2D eigenvalue weighted by Crippen LogP contribution is 2.11. The highest BCUT2D eigenvalue weighted by molar-refractivity contribution is 6.00. The average Bonchev–Trinajstić information content (AvgIpc) is 3.93. The topological polar surface area (TPSA) is 258 Å². The van der Waals surface area contributed by atoms with Crippen molar-refractivity contribution in [1.82, 2.24) is 51.8 Å². The fourth-order valence-electron chi connectivity index (χ4n) is 6.03. The number of carbonyl (C=O) groups is 7. The summed E-state index contributed by atoms with van der Waals surface area (Å²) in [6, 6.07) is 12.2. The van der Waals surface area contributed by atoms with Gasteiger partial charge in [-0.25, -0.2) is 14.8 Å². The monoisotopic (exact) mass is 826 g/mol. The largest absolute Gasteiger partial charge is 0.445 e. The summed E-state index contributed by atoms with van der Waals surface area (Å²) < 4.78 is 5.40. The zero-order valence-corrected chi connectivity index (χ0v) is 34.3. The maximum atomic E-state index is 14.1. The number of benzene rings is 2. The van der Waals surface area contributed by atoms with Gasteiger partial charge in [-0.05, 0) is 36.3 Å². The molecule has 0 aliphatic rings. The number of ether oxygens (including phenoxy) is 1. The molecule has 0 spiro atoms. The molecule has 18 nitrogen and oxygen atoms in total. The number of carbonyl (C=O) groups excluding carboxylic acids is 7. The molecular formula is C42H54N10O8. The molecule has 0 bridgehead atoms. The van der Waals surface area contributed by atoms with Crippen molar-refractivity contribution in [1.29, 1.82) is 0 Å². The van der Waals surface area contributed by atoms with Gasteiger partial charge >= 0.3 is 6.09 Å². The van der Waals surface area contributed by atoms with Gasteiger partial charge in [0, 0.05) is 25.2 Å². The Morgan fingerprint density at radius 2 is 1.15 bits per heavy atom. The van der Waals surface area contributed by atoms with E-state index in [2.05, 4.69) is 51.8 Å². The first-order valence-corrected chi connectivity index (χ1v) is 19.7. The fourth-order valence-corrected chi connectivity index (χ4v) is 6.03. The standard InChI is InChI=1S/C42H54N10O8/c1-25(2)16-32(40(57)52-36(26(3)4)41(58)47-27(5)37(54)51-35(53)19-31-21-44-24-46-31)48-39(56)34(18-30-20-43-23-45-30)49-38(55)33(17-28-12-8-6-9-13-28)50-42(59)60-22-29-14-10-7-11-15-29/h6-15,20-21,23-27,32-34,36H,16-19,22H2,1-5H3,(H,43,45)(H,44,46)(H,47,58)(H,48,56)(H,49,55)(H,50,59)(H,52,57)(H,51,53,54)/t27-,32-,33-,34-,36-/m0/s1. The number of rotatable bonds is 21. The molecule has 0 aliphatic carbocycles. The van der Waals surface area contributed by atoms with E-state index in [1.54, 1.807) is 56.4 Å². The van der Waals surface area contributed by atoms with E-state index in [-0.39, 0.29) is 38.2 Å². The van der Waals surface area contributed by atoms with Crippen LogP contribution in [0.4, 0.5) is 4.79 Å². The smallest absolute Gasteiger partial charge is 0.408 e. The minimum atomic E-state index is -1.26. The van der Waals surface area contributed by atoms with Crippen LogP contribution in [0.15, 0.2) is 85.7 Å². The Morgan fingerprint density at radius 3 is 1.72 bits per heavy atom. The van der Waals surface area contributed by atoms with Gasteiger partial charge in [-0.15, -0.1) is 0 Å². The van der Waals surface area contributed by atoms with Gasteiger partial charge in [0.15, 0.2) is 0 Å². The molecule has 0 saturated heterocycles. The van der Waals surface area contributed by atoms with Gasteiger partial charge in [0.2, 0.25) is 35.4 Å². The van der Waals surface area contributed by atoms with E-state index in [9.17, 15) is 33.6 Å². The minimum absolute atomic E-state index is 0.0300. The zero-order valence-electron chi connectivity index (χ0n) is 34.3. The van der Waals surface area contributed by atoms with E-state index in [0.29, 0.717) is 11.4 Å². The molecule has 8 N–H and O–H groups in total. The highest BCUT2D eigenvalue weighted by atomic mass is 16.5. The maximum absolute atomic E-state index is 14.1. The molecular weight excluding hydrogens is 773 g/mol. The van der Waals surface area contributed by atoms with Gasteiger partial charge in [-0.2, -0.15) is 0 Å². The molecule has 2 heterocycles. The Balaban J connectivity index is 1.46. The molecule has 2 aromatic carbocycles. The normalized spacial score (nSPS) is 13.5. The van der Waals surface area contributed by atoms with Crippen molar-refractivity contribution in [2.75, 3.05) is 0 Å². The first kappa shape index (κ1) is 45.8. The van der Waals surface area contributed by atoms with E-state index in [1.165, 1.54) is 25.8 Å². The lowest BCUT2D eigenvalue weighted by atomic mass is 9.99. The summed E-state index contributed by atoms with van der Waals surface area (Å²) in [4.78, 5) is 107. The summed E-state index contributed by atoms with van der Waals surface area (Å²) in [6.07, 6.45) is 5.08. The third-order valence-corrected chi connectivity index (χ3v) is 9.20. The van der Waals surface area contributed by atoms with Crippen LogP contribution in [0.3, 0.4) is 0 Å². The van der Waals surface area contributed by atoms with Crippen LogP contribution in [0.25, 0.3) is 0 Å². The number of aromatic amines is 2. The Kier molecular flexibility index (Phi) is 17.5. The van der Waals surface area contributed by atoms with Crippen molar-refractivity contribution in [3.8, 4) is 0 Å². The van der Waals surface area contributed by atoms with E-state index in [4.69, 9.17) is 4.74 Å². The van der Waals surface area contributed by atoms with Crippen LogP contribution < -0.4 is 31.9 Å². The minimum Gasteiger partial charge on any atom is -0.445 e. The van der Waals surface area contributed by atoms with Crippen LogP contribution in [-0.4, -0.2) is 91.7 Å². The number of imide groups is 1. The third-order valence-electron chi connectivity index (χ3n) is 9.20. The number of H-pyrrole nitrogens is 2. The summed E-state index contributed by atoms with van der Waals surface area (Å²) in [6.45, 7) is 8.48. The van der Waals surface area contributed by atoms with Crippen LogP contribution in [-0.2, 0) is 59.4 Å². The van der Waals surface area contributed by atoms with Crippen molar-refractivity contribution in [3.05, 3.63) is 108 Å². The predicted molar refractivity (Wildman–Crippen MR) is 219 cm³/mol. The molecule has 0 saturated carbocycles. The first-order chi connectivity index (χ1) is 28.7. The van der Waals surface area contributed by atoms with E-state index >= 15 is 0 Å². The number of imidazole rings is 2.